The van der Waals surface area contributed by atoms with Crippen molar-refractivity contribution in [2.24, 2.45) is 0 Å². The lowest BCUT2D eigenvalue weighted by atomic mass is 9.97. The van der Waals surface area contributed by atoms with Crippen molar-refractivity contribution in [3.05, 3.63) is 0 Å². The Hall–Kier alpha value is -0.610. The fraction of sp³-hybridized carbons (Fsp3) is 0.933. The molecule has 0 radical (unpaired) electrons. The van der Waals surface area contributed by atoms with Gasteiger partial charge in [-0.3, -0.25) is 4.79 Å². The van der Waals surface area contributed by atoms with Crippen LogP contribution >= 0.6 is 0 Å². The second-order valence-corrected chi connectivity index (χ2v) is 5.84. The van der Waals surface area contributed by atoms with E-state index < -0.39 is 5.54 Å². The number of methoxy groups -OCH3 is 1. The van der Waals surface area contributed by atoms with Crippen molar-refractivity contribution >= 4 is 5.97 Å². The van der Waals surface area contributed by atoms with Gasteiger partial charge in [0, 0.05) is 12.6 Å². The van der Waals surface area contributed by atoms with Gasteiger partial charge in [0.1, 0.15) is 5.54 Å². The first kappa shape index (κ1) is 16.4. The summed E-state index contributed by atoms with van der Waals surface area (Å²) in [7, 11) is 1.46. The maximum atomic E-state index is 11.9. The van der Waals surface area contributed by atoms with E-state index in [1.807, 2.05) is 13.8 Å². The highest BCUT2D eigenvalue weighted by Crippen LogP contribution is 2.19. The average molecular weight is 270 g/mol. The fourth-order valence-corrected chi connectivity index (χ4v) is 2.91. The highest BCUT2D eigenvalue weighted by atomic mass is 16.5. The molecule has 1 fully saturated rings. The average Bonchev–Trinajstić information content (AvgIpc) is 2.60. The molecule has 0 aromatic carbocycles. The third kappa shape index (κ3) is 4.77. The molecule has 4 nitrogen and oxygen atoms in total. The Kier molecular flexibility index (Phi) is 6.80. The van der Waals surface area contributed by atoms with Gasteiger partial charge in [0.2, 0.25) is 0 Å². The lowest BCUT2D eigenvalue weighted by Crippen LogP contribution is -2.52. The Morgan fingerprint density at radius 3 is 2.79 bits per heavy atom. The van der Waals surface area contributed by atoms with Gasteiger partial charge in [-0.05, 0) is 46.2 Å². The van der Waals surface area contributed by atoms with Crippen LogP contribution in [0.25, 0.3) is 0 Å². The number of carbonyl (C=O) groups excluding carboxylic acids is 1. The number of nitrogens with zero attached hydrogens (tertiary/aromatic N) is 1. The molecule has 0 saturated carbocycles. The molecule has 4 heteroatoms. The molecule has 0 spiro atoms. The predicted molar refractivity (Wildman–Crippen MR) is 78.2 cm³/mol. The second kappa shape index (κ2) is 7.85. The first-order valence-electron chi connectivity index (χ1n) is 7.61. The van der Waals surface area contributed by atoms with Crippen LogP contribution in [0.2, 0.25) is 0 Å². The van der Waals surface area contributed by atoms with Crippen LogP contribution in [0.15, 0.2) is 0 Å². The van der Waals surface area contributed by atoms with Crippen LogP contribution in [0.5, 0.6) is 0 Å². The summed E-state index contributed by atoms with van der Waals surface area (Å²) in [4.78, 5) is 14.5. The predicted octanol–water partition coefficient (Wildman–Crippen LogP) is 2.18. The summed E-state index contributed by atoms with van der Waals surface area (Å²) in [6.45, 7) is 9.17. The fourth-order valence-electron chi connectivity index (χ4n) is 2.91. The van der Waals surface area contributed by atoms with E-state index in [1.165, 1.54) is 32.8 Å². The van der Waals surface area contributed by atoms with E-state index in [-0.39, 0.29) is 5.97 Å². The first-order chi connectivity index (χ1) is 9.03. The van der Waals surface area contributed by atoms with Crippen LogP contribution in [0.4, 0.5) is 0 Å². The molecule has 1 heterocycles. The van der Waals surface area contributed by atoms with Gasteiger partial charge in [-0.25, -0.2) is 0 Å². The molecule has 2 unspecified atom stereocenters. The van der Waals surface area contributed by atoms with Gasteiger partial charge in [0.05, 0.1) is 7.11 Å². The molecule has 0 amide bonds. The monoisotopic (exact) mass is 270 g/mol. The third-order valence-corrected chi connectivity index (χ3v) is 4.29. The van der Waals surface area contributed by atoms with Crippen LogP contribution in [-0.2, 0) is 9.53 Å². The largest absolute Gasteiger partial charge is 0.468 e. The number of esters is 1. The SMILES string of the molecule is CCNC(C)(CCN1CCCCCC1C)C(=O)OC. The molecule has 1 rings (SSSR count). The summed E-state index contributed by atoms with van der Waals surface area (Å²) >= 11 is 0. The summed E-state index contributed by atoms with van der Waals surface area (Å²) in [5.74, 6) is -0.156. The normalized spacial score (nSPS) is 24.5. The van der Waals surface area contributed by atoms with Crippen LogP contribution in [0.1, 0.15) is 52.9 Å². The third-order valence-electron chi connectivity index (χ3n) is 4.29. The van der Waals surface area contributed by atoms with Gasteiger partial charge in [0.25, 0.3) is 0 Å². The molecule has 1 aliphatic heterocycles. The van der Waals surface area contributed by atoms with E-state index in [1.54, 1.807) is 0 Å². The topological polar surface area (TPSA) is 41.6 Å². The standard InChI is InChI=1S/C15H30N2O2/c1-5-16-15(3,14(18)19-4)10-12-17-11-8-6-7-9-13(17)2/h13,16H,5-12H2,1-4H3. The molecule has 0 aromatic rings. The Labute approximate surface area is 117 Å². The minimum absolute atomic E-state index is 0.156. The molecule has 1 N–H and O–H groups in total. The smallest absolute Gasteiger partial charge is 0.325 e. The zero-order chi connectivity index (χ0) is 14.3. The molecular weight excluding hydrogens is 240 g/mol. The van der Waals surface area contributed by atoms with E-state index in [4.69, 9.17) is 4.74 Å². The zero-order valence-corrected chi connectivity index (χ0v) is 13.0. The zero-order valence-electron chi connectivity index (χ0n) is 13.0. The van der Waals surface area contributed by atoms with E-state index in [9.17, 15) is 4.79 Å². The Morgan fingerprint density at radius 2 is 2.16 bits per heavy atom. The maximum absolute atomic E-state index is 11.9. The number of carbonyl (C=O) groups is 1. The number of nitrogens with one attached hydrogen (secondary N) is 1. The van der Waals surface area contributed by atoms with Crippen molar-refractivity contribution in [3.63, 3.8) is 0 Å². The lowest BCUT2D eigenvalue weighted by molar-refractivity contribution is -0.148. The Morgan fingerprint density at radius 1 is 1.42 bits per heavy atom. The van der Waals surface area contributed by atoms with E-state index in [0.717, 1.165) is 26.1 Å². The molecule has 2 atom stereocenters. The van der Waals surface area contributed by atoms with Gasteiger partial charge < -0.3 is 15.0 Å². The van der Waals surface area contributed by atoms with Crippen LogP contribution in [0, 0.1) is 0 Å². The number of ether oxygens (including phenoxy) is 1. The van der Waals surface area contributed by atoms with Crippen molar-refractivity contribution in [2.75, 3.05) is 26.7 Å². The van der Waals surface area contributed by atoms with E-state index in [2.05, 4.69) is 17.1 Å². The summed E-state index contributed by atoms with van der Waals surface area (Å²) in [6, 6.07) is 0.631. The van der Waals surface area contributed by atoms with Crippen LogP contribution < -0.4 is 5.32 Å². The molecule has 0 aromatic heterocycles. The van der Waals surface area contributed by atoms with Crippen molar-refractivity contribution in [2.45, 2.75) is 64.5 Å². The second-order valence-electron chi connectivity index (χ2n) is 5.84. The molecular formula is C15H30N2O2. The first-order valence-corrected chi connectivity index (χ1v) is 7.61. The number of likely N-dealkylation sites (tertiary alicyclic amines) is 1. The van der Waals surface area contributed by atoms with Gasteiger partial charge >= 0.3 is 5.97 Å². The highest BCUT2D eigenvalue weighted by molar-refractivity contribution is 5.80. The molecule has 1 saturated heterocycles. The van der Waals surface area contributed by atoms with Crippen LogP contribution in [0.3, 0.4) is 0 Å². The Balaban J connectivity index is 2.57. The lowest BCUT2D eigenvalue weighted by Gasteiger charge is -2.33. The van der Waals surface area contributed by atoms with E-state index in [0.29, 0.717) is 6.04 Å². The number of hydrogen-bond donors (Lipinski definition) is 1. The van der Waals surface area contributed by atoms with Crippen LogP contribution in [-0.4, -0.2) is 49.2 Å². The molecule has 112 valence electrons. The van der Waals surface area contributed by atoms with Crippen molar-refractivity contribution < 1.29 is 9.53 Å². The van der Waals surface area contributed by atoms with Crippen molar-refractivity contribution in [1.29, 1.82) is 0 Å². The minimum Gasteiger partial charge on any atom is -0.468 e. The van der Waals surface area contributed by atoms with Gasteiger partial charge in [-0.1, -0.05) is 19.8 Å². The molecule has 1 aliphatic rings. The van der Waals surface area contributed by atoms with E-state index >= 15 is 0 Å². The summed E-state index contributed by atoms with van der Waals surface area (Å²) in [5.41, 5.74) is -0.560. The summed E-state index contributed by atoms with van der Waals surface area (Å²) < 4.78 is 4.94. The highest BCUT2D eigenvalue weighted by Gasteiger charge is 2.34. The van der Waals surface area contributed by atoms with Gasteiger partial charge in [-0.15, -0.1) is 0 Å². The molecule has 0 bridgehead atoms. The summed E-state index contributed by atoms with van der Waals surface area (Å²) in [5, 5.41) is 3.28. The number of likely N-dealkylation sites (N-methyl/N-ethyl adjacent to an activating group) is 1. The van der Waals surface area contributed by atoms with Crippen molar-refractivity contribution in [1.82, 2.24) is 10.2 Å². The maximum Gasteiger partial charge on any atom is 0.325 e. The Bertz CT molecular complexity index is 283. The van der Waals surface area contributed by atoms with Gasteiger partial charge in [0.15, 0.2) is 0 Å². The minimum atomic E-state index is -0.560. The molecule has 19 heavy (non-hydrogen) atoms. The van der Waals surface area contributed by atoms with Crippen molar-refractivity contribution in [3.8, 4) is 0 Å². The number of rotatable bonds is 6. The molecule has 0 aliphatic carbocycles. The quantitative estimate of drug-likeness (QED) is 0.751. The summed E-state index contributed by atoms with van der Waals surface area (Å²) in [6.07, 6.45) is 6.02. The van der Waals surface area contributed by atoms with Gasteiger partial charge in [-0.2, -0.15) is 0 Å². The number of hydrogen-bond acceptors (Lipinski definition) is 4.